The number of anilines is 1. The molecule has 0 spiro atoms. The molecule has 0 radical (unpaired) electrons. The summed E-state index contributed by atoms with van der Waals surface area (Å²) in [6, 6.07) is 0. The average Bonchev–Trinajstić information content (AvgIpc) is 2.54. The van der Waals surface area contributed by atoms with Crippen LogP contribution in [0.5, 0.6) is 0 Å². The first kappa shape index (κ1) is 10.9. The van der Waals surface area contributed by atoms with Crippen molar-refractivity contribution in [2.24, 2.45) is 0 Å². The minimum absolute atomic E-state index is 0.0538. The van der Waals surface area contributed by atoms with Crippen molar-refractivity contribution in [3.63, 3.8) is 0 Å². The minimum Gasteiger partial charge on any atom is -0.480 e. The number of aliphatic carboxylic acids is 1. The van der Waals surface area contributed by atoms with E-state index in [-0.39, 0.29) is 5.13 Å². The fourth-order valence-electron chi connectivity index (χ4n) is 0.560. The molecule has 0 bridgehead atoms. The SMILES string of the molecule is CC(C(=O)O)S(=O)(=O)Nc1nncs1. The Hall–Kier alpha value is -1.22. The van der Waals surface area contributed by atoms with Crippen molar-refractivity contribution in [2.45, 2.75) is 12.2 Å². The third kappa shape index (κ3) is 2.39. The second-order valence-corrected chi connectivity index (χ2v) is 5.21. The van der Waals surface area contributed by atoms with E-state index in [1.807, 2.05) is 4.72 Å². The Morgan fingerprint density at radius 2 is 2.36 bits per heavy atom. The van der Waals surface area contributed by atoms with Gasteiger partial charge in [0.1, 0.15) is 5.51 Å². The number of aromatic nitrogens is 2. The molecule has 0 saturated carbocycles. The number of carbonyl (C=O) groups is 1. The lowest BCUT2D eigenvalue weighted by atomic mass is 10.5. The third-order valence-electron chi connectivity index (χ3n) is 1.40. The number of nitrogens with one attached hydrogen (secondary N) is 1. The first-order chi connectivity index (χ1) is 6.43. The smallest absolute Gasteiger partial charge is 0.323 e. The normalized spacial score (nSPS) is 13.5. The Labute approximate surface area is 83.8 Å². The molecule has 1 aromatic heterocycles. The highest BCUT2D eigenvalue weighted by Gasteiger charge is 2.28. The summed E-state index contributed by atoms with van der Waals surface area (Å²) in [5.74, 6) is -1.41. The first-order valence-corrected chi connectivity index (χ1v) is 5.86. The maximum atomic E-state index is 11.3. The second kappa shape index (κ2) is 3.88. The van der Waals surface area contributed by atoms with Gasteiger partial charge < -0.3 is 5.11 Å². The second-order valence-electron chi connectivity index (χ2n) is 2.37. The lowest BCUT2D eigenvalue weighted by Crippen LogP contribution is -2.32. The van der Waals surface area contributed by atoms with E-state index in [9.17, 15) is 13.2 Å². The third-order valence-corrected chi connectivity index (χ3v) is 3.75. The molecule has 0 aliphatic carbocycles. The molecule has 7 nitrogen and oxygen atoms in total. The molecule has 1 unspecified atom stereocenters. The van der Waals surface area contributed by atoms with Crippen molar-refractivity contribution in [3.8, 4) is 0 Å². The lowest BCUT2D eigenvalue weighted by Gasteiger charge is -2.07. The van der Waals surface area contributed by atoms with Gasteiger partial charge >= 0.3 is 5.97 Å². The summed E-state index contributed by atoms with van der Waals surface area (Å²) in [7, 11) is -3.92. The maximum absolute atomic E-state index is 11.3. The number of rotatable bonds is 4. The van der Waals surface area contributed by atoms with Crippen LogP contribution in [0, 0.1) is 0 Å². The Balaban J connectivity index is 2.83. The standard InChI is InChI=1S/C5H7N3O4S2/c1-3(4(9)10)14(11,12)8-5-7-6-2-13-5/h2-3H,1H3,(H,7,8)(H,9,10). The van der Waals surface area contributed by atoms with Crippen molar-refractivity contribution in [1.29, 1.82) is 0 Å². The summed E-state index contributed by atoms with van der Waals surface area (Å²) >= 11 is 0.973. The van der Waals surface area contributed by atoms with Crippen molar-refractivity contribution in [2.75, 3.05) is 4.72 Å². The average molecular weight is 237 g/mol. The highest BCUT2D eigenvalue weighted by molar-refractivity contribution is 7.94. The monoisotopic (exact) mass is 237 g/mol. The molecule has 78 valence electrons. The number of carboxylic acid groups (broad SMARTS) is 1. The van der Waals surface area contributed by atoms with Crippen LogP contribution in [0.15, 0.2) is 5.51 Å². The van der Waals surface area contributed by atoms with Gasteiger partial charge in [0.2, 0.25) is 15.2 Å². The number of sulfonamides is 1. The molecule has 0 fully saturated rings. The number of carboxylic acids is 1. The largest absolute Gasteiger partial charge is 0.480 e. The van der Waals surface area contributed by atoms with Gasteiger partial charge in [0, 0.05) is 0 Å². The molecule has 0 aliphatic heterocycles. The van der Waals surface area contributed by atoms with Crippen LogP contribution in [0.4, 0.5) is 5.13 Å². The van der Waals surface area contributed by atoms with E-state index < -0.39 is 21.2 Å². The van der Waals surface area contributed by atoms with Crippen LogP contribution in [0.3, 0.4) is 0 Å². The Morgan fingerprint density at radius 3 is 2.79 bits per heavy atom. The molecule has 0 amide bonds. The highest BCUT2D eigenvalue weighted by Crippen LogP contribution is 2.12. The van der Waals surface area contributed by atoms with E-state index in [2.05, 4.69) is 10.2 Å². The van der Waals surface area contributed by atoms with Crippen molar-refractivity contribution in [3.05, 3.63) is 5.51 Å². The van der Waals surface area contributed by atoms with Crippen molar-refractivity contribution >= 4 is 32.5 Å². The molecule has 1 atom stereocenters. The summed E-state index contributed by atoms with van der Waals surface area (Å²) in [6.45, 7) is 1.08. The fourth-order valence-corrected chi connectivity index (χ4v) is 2.12. The summed E-state index contributed by atoms with van der Waals surface area (Å²) in [6.07, 6.45) is 0. The fraction of sp³-hybridized carbons (Fsp3) is 0.400. The summed E-state index contributed by atoms with van der Waals surface area (Å²) in [5.41, 5.74) is 1.34. The summed E-state index contributed by atoms with van der Waals surface area (Å²) < 4.78 is 24.6. The van der Waals surface area contributed by atoms with Crippen LogP contribution in [0.1, 0.15) is 6.92 Å². The molecular weight excluding hydrogens is 230 g/mol. The number of hydrogen-bond acceptors (Lipinski definition) is 6. The van der Waals surface area contributed by atoms with Crippen LogP contribution in [0.2, 0.25) is 0 Å². The zero-order valence-electron chi connectivity index (χ0n) is 7.04. The number of hydrogen-bond donors (Lipinski definition) is 2. The molecular formula is C5H7N3O4S2. The molecule has 14 heavy (non-hydrogen) atoms. The van der Waals surface area contributed by atoms with Gasteiger partial charge in [0.15, 0.2) is 5.25 Å². The zero-order valence-corrected chi connectivity index (χ0v) is 8.67. The van der Waals surface area contributed by atoms with Gasteiger partial charge in [-0.2, -0.15) is 0 Å². The molecule has 0 saturated heterocycles. The van der Waals surface area contributed by atoms with Gasteiger partial charge in [0.25, 0.3) is 0 Å². The zero-order chi connectivity index (χ0) is 10.8. The van der Waals surface area contributed by atoms with Crippen LogP contribution in [-0.2, 0) is 14.8 Å². The van der Waals surface area contributed by atoms with E-state index >= 15 is 0 Å². The van der Waals surface area contributed by atoms with Crippen molar-refractivity contribution in [1.82, 2.24) is 10.2 Å². The number of nitrogens with zero attached hydrogens (tertiary/aromatic N) is 2. The summed E-state index contributed by atoms with van der Waals surface area (Å²) in [5, 5.41) is 13.9. The summed E-state index contributed by atoms with van der Waals surface area (Å²) in [4.78, 5) is 10.4. The van der Waals surface area contributed by atoms with E-state index in [0.29, 0.717) is 0 Å². The first-order valence-electron chi connectivity index (χ1n) is 3.44. The Morgan fingerprint density at radius 1 is 1.71 bits per heavy atom. The highest BCUT2D eigenvalue weighted by atomic mass is 32.2. The van der Waals surface area contributed by atoms with E-state index in [0.717, 1.165) is 18.3 Å². The van der Waals surface area contributed by atoms with Crippen LogP contribution >= 0.6 is 11.3 Å². The maximum Gasteiger partial charge on any atom is 0.323 e. The minimum atomic E-state index is -3.92. The van der Waals surface area contributed by atoms with Crippen molar-refractivity contribution < 1.29 is 18.3 Å². The molecule has 1 heterocycles. The van der Waals surface area contributed by atoms with Gasteiger partial charge in [-0.3, -0.25) is 9.52 Å². The molecule has 1 aromatic rings. The van der Waals surface area contributed by atoms with Crippen LogP contribution in [-0.4, -0.2) is 34.9 Å². The topological polar surface area (TPSA) is 109 Å². The quantitative estimate of drug-likeness (QED) is 0.747. The predicted octanol–water partition coefficient (Wildman–Crippen LogP) is -0.247. The molecule has 2 N–H and O–H groups in total. The Bertz CT molecular complexity index is 412. The Kier molecular flexibility index (Phi) is 3.01. The van der Waals surface area contributed by atoms with E-state index in [1.165, 1.54) is 5.51 Å². The van der Waals surface area contributed by atoms with Gasteiger partial charge in [-0.25, -0.2) is 8.42 Å². The predicted molar refractivity (Wildman–Crippen MR) is 49.5 cm³/mol. The van der Waals surface area contributed by atoms with E-state index in [4.69, 9.17) is 5.11 Å². The lowest BCUT2D eigenvalue weighted by molar-refractivity contribution is -0.136. The molecule has 1 rings (SSSR count). The van der Waals surface area contributed by atoms with Gasteiger partial charge in [-0.15, -0.1) is 10.2 Å². The van der Waals surface area contributed by atoms with Gasteiger partial charge in [-0.05, 0) is 6.92 Å². The molecule has 0 aliphatic rings. The van der Waals surface area contributed by atoms with Gasteiger partial charge in [0.05, 0.1) is 0 Å². The van der Waals surface area contributed by atoms with Gasteiger partial charge in [-0.1, -0.05) is 11.3 Å². The molecule has 0 aromatic carbocycles. The van der Waals surface area contributed by atoms with Crippen LogP contribution in [0.25, 0.3) is 0 Å². The van der Waals surface area contributed by atoms with E-state index in [1.54, 1.807) is 0 Å². The molecule has 9 heteroatoms. The van der Waals surface area contributed by atoms with Crippen LogP contribution < -0.4 is 4.72 Å².